The van der Waals surface area contributed by atoms with E-state index in [0.29, 0.717) is 34.5 Å². The molecule has 9 heteroatoms. The van der Waals surface area contributed by atoms with E-state index >= 15 is 0 Å². The van der Waals surface area contributed by atoms with Gasteiger partial charge in [-0.2, -0.15) is 13.2 Å². The lowest BCUT2D eigenvalue weighted by molar-refractivity contribution is -0.138. The highest BCUT2D eigenvalue weighted by molar-refractivity contribution is 5.86. The monoisotopic (exact) mass is 433 g/mol. The minimum atomic E-state index is -4.54. The Hall–Kier alpha value is -3.36. The third-order valence-corrected chi connectivity index (χ3v) is 5.07. The summed E-state index contributed by atoms with van der Waals surface area (Å²) in [5.74, 6) is -1.29. The molecular weight excluding hydrogens is 411 g/mol. The highest BCUT2D eigenvalue weighted by atomic mass is 19.4. The molecule has 0 fully saturated rings. The smallest absolute Gasteiger partial charge is 0.416 e. The molecular formula is C22H22F3N3O3. The van der Waals surface area contributed by atoms with Crippen LogP contribution >= 0.6 is 0 Å². The number of alkyl halides is 3. The van der Waals surface area contributed by atoms with Crippen molar-refractivity contribution in [2.24, 2.45) is 0 Å². The summed E-state index contributed by atoms with van der Waals surface area (Å²) < 4.78 is 41.7. The molecule has 0 radical (unpaired) electrons. The van der Waals surface area contributed by atoms with Gasteiger partial charge in [-0.05, 0) is 55.3 Å². The Morgan fingerprint density at radius 1 is 1.16 bits per heavy atom. The summed E-state index contributed by atoms with van der Waals surface area (Å²) in [6.07, 6.45) is -3.21. The van der Waals surface area contributed by atoms with Gasteiger partial charge in [0, 0.05) is 37.3 Å². The molecule has 0 aliphatic rings. The molecule has 2 heterocycles. The van der Waals surface area contributed by atoms with Crippen LogP contribution in [0.4, 0.5) is 13.2 Å². The molecule has 0 bridgehead atoms. The number of benzene rings is 1. The summed E-state index contributed by atoms with van der Waals surface area (Å²) in [6.45, 7) is 5.19. The van der Waals surface area contributed by atoms with Gasteiger partial charge in [0.15, 0.2) is 0 Å². The number of nitrogens with zero attached hydrogens (tertiary/aromatic N) is 3. The van der Waals surface area contributed by atoms with Gasteiger partial charge in [-0.3, -0.25) is 9.59 Å². The van der Waals surface area contributed by atoms with Gasteiger partial charge in [0.25, 0.3) is 0 Å². The molecule has 3 rings (SSSR count). The van der Waals surface area contributed by atoms with Gasteiger partial charge in [-0.1, -0.05) is 0 Å². The first-order valence-electron chi connectivity index (χ1n) is 9.66. The summed E-state index contributed by atoms with van der Waals surface area (Å²) in [4.78, 5) is 29.1. The van der Waals surface area contributed by atoms with Crippen molar-refractivity contribution in [1.29, 1.82) is 0 Å². The molecule has 3 aromatic rings. The Balaban J connectivity index is 2.26. The molecule has 1 N–H and O–H groups in total. The number of rotatable bonds is 6. The van der Waals surface area contributed by atoms with Crippen LogP contribution in [0.1, 0.15) is 36.2 Å². The zero-order valence-electron chi connectivity index (χ0n) is 17.3. The average molecular weight is 433 g/mol. The van der Waals surface area contributed by atoms with Crippen molar-refractivity contribution in [2.75, 3.05) is 6.54 Å². The van der Waals surface area contributed by atoms with Crippen molar-refractivity contribution >= 4 is 22.9 Å². The van der Waals surface area contributed by atoms with Crippen molar-refractivity contribution in [1.82, 2.24) is 14.5 Å². The molecule has 0 unspecified atom stereocenters. The quantitative estimate of drug-likeness (QED) is 0.627. The molecule has 31 heavy (non-hydrogen) atoms. The van der Waals surface area contributed by atoms with E-state index in [1.54, 1.807) is 36.7 Å². The molecule has 0 atom stereocenters. The lowest BCUT2D eigenvalue weighted by atomic mass is 10.1. The number of amides is 1. The third kappa shape index (κ3) is 4.70. The summed E-state index contributed by atoms with van der Waals surface area (Å²) in [5, 5.41) is 9.86. The molecule has 6 nitrogen and oxygen atoms in total. The van der Waals surface area contributed by atoms with E-state index in [1.807, 2.05) is 0 Å². The summed E-state index contributed by atoms with van der Waals surface area (Å²) in [5.41, 5.74) is 1.50. The molecule has 0 aliphatic carbocycles. The number of carbonyl (C=O) groups excluding carboxylic acids is 1. The Bertz CT molecular complexity index is 1150. The first-order chi connectivity index (χ1) is 14.5. The molecule has 1 aromatic carbocycles. The largest absolute Gasteiger partial charge is 0.481 e. The number of pyridine rings is 1. The normalized spacial score (nSPS) is 11.7. The number of carbonyl (C=O) groups is 2. The van der Waals surface area contributed by atoms with E-state index in [2.05, 4.69) is 4.98 Å². The molecule has 164 valence electrons. The van der Waals surface area contributed by atoms with E-state index in [9.17, 15) is 27.9 Å². The second kappa shape index (κ2) is 8.41. The van der Waals surface area contributed by atoms with Gasteiger partial charge in [-0.15, -0.1) is 0 Å². The standard InChI is InChI=1S/C22H22F3N3O3/c1-4-27(14(3)29)11-16-9-17(22(23,24)25)6-8-19(16)28-12-15(10-20(30)31)18-7-5-13(2)26-21(18)28/h5-9,12H,4,10-11H2,1-3H3,(H,30,31). The maximum absolute atomic E-state index is 13.4. The maximum atomic E-state index is 13.4. The molecule has 0 spiro atoms. The second-order valence-electron chi connectivity index (χ2n) is 7.29. The van der Waals surface area contributed by atoms with Crippen molar-refractivity contribution in [3.05, 3.63) is 58.9 Å². The van der Waals surface area contributed by atoms with Crippen molar-refractivity contribution in [3.63, 3.8) is 0 Å². The van der Waals surface area contributed by atoms with Crippen molar-refractivity contribution < 1.29 is 27.9 Å². The number of aliphatic carboxylic acids is 1. The Kier molecular flexibility index (Phi) is 6.06. The maximum Gasteiger partial charge on any atom is 0.416 e. The molecule has 0 saturated carbocycles. The summed E-state index contributed by atoms with van der Waals surface area (Å²) in [6, 6.07) is 6.84. The first kappa shape index (κ1) is 22.3. The number of aromatic nitrogens is 2. The lowest BCUT2D eigenvalue weighted by Crippen LogP contribution is -2.28. The minimum Gasteiger partial charge on any atom is -0.481 e. The van der Waals surface area contributed by atoms with Crippen LogP contribution in [0, 0.1) is 6.92 Å². The number of hydrogen-bond donors (Lipinski definition) is 1. The average Bonchev–Trinajstić information content (AvgIpc) is 3.01. The third-order valence-electron chi connectivity index (χ3n) is 5.07. The lowest BCUT2D eigenvalue weighted by Gasteiger charge is -2.22. The van der Waals surface area contributed by atoms with Gasteiger partial charge in [0.05, 0.1) is 17.7 Å². The number of aryl methyl sites for hydroxylation is 1. The van der Waals surface area contributed by atoms with E-state index < -0.39 is 17.7 Å². The Labute approximate surface area is 176 Å². The zero-order chi connectivity index (χ0) is 22.9. The SMILES string of the molecule is CCN(Cc1cc(C(F)(F)F)ccc1-n1cc(CC(=O)O)c2ccc(C)nc21)C(C)=O. The van der Waals surface area contributed by atoms with Crippen LogP contribution in [0.2, 0.25) is 0 Å². The number of carboxylic acids is 1. The van der Waals surface area contributed by atoms with E-state index in [0.717, 1.165) is 12.1 Å². The highest BCUT2D eigenvalue weighted by Crippen LogP contribution is 2.33. The number of fused-ring (bicyclic) bond motifs is 1. The Morgan fingerprint density at radius 3 is 2.45 bits per heavy atom. The van der Waals surface area contributed by atoms with Crippen LogP contribution in [0.3, 0.4) is 0 Å². The van der Waals surface area contributed by atoms with Crippen LogP contribution in [0.5, 0.6) is 0 Å². The van der Waals surface area contributed by atoms with Gasteiger partial charge < -0.3 is 14.6 Å². The fourth-order valence-corrected chi connectivity index (χ4v) is 3.53. The molecule has 0 saturated heterocycles. The molecule has 1 amide bonds. The second-order valence-corrected chi connectivity index (χ2v) is 7.29. The van der Waals surface area contributed by atoms with E-state index in [4.69, 9.17) is 0 Å². The number of hydrogen-bond acceptors (Lipinski definition) is 3. The summed E-state index contributed by atoms with van der Waals surface area (Å²) >= 11 is 0. The minimum absolute atomic E-state index is 0.0230. The van der Waals surface area contributed by atoms with E-state index in [-0.39, 0.29) is 24.4 Å². The topological polar surface area (TPSA) is 75.4 Å². The fraction of sp³-hybridized carbons (Fsp3) is 0.318. The van der Waals surface area contributed by atoms with Crippen LogP contribution in [-0.4, -0.2) is 38.0 Å². The predicted octanol–water partition coefficient (Wildman–Crippen LogP) is 4.35. The van der Waals surface area contributed by atoms with E-state index in [1.165, 1.54) is 17.9 Å². The summed E-state index contributed by atoms with van der Waals surface area (Å²) in [7, 11) is 0. The van der Waals surface area contributed by atoms with Crippen LogP contribution in [-0.2, 0) is 28.7 Å². The predicted molar refractivity (Wildman–Crippen MR) is 109 cm³/mol. The first-order valence-corrected chi connectivity index (χ1v) is 9.66. The van der Waals surface area contributed by atoms with Gasteiger partial charge in [0.1, 0.15) is 5.65 Å². The molecule has 0 aliphatic heterocycles. The van der Waals surface area contributed by atoms with Gasteiger partial charge >= 0.3 is 12.1 Å². The van der Waals surface area contributed by atoms with Gasteiger partial charge in [-0.25, -0.2) is 4.98 Å². The van der Waals surface area contributed by atoms with Crippen molar-refractivity contribution in [2.45, 2.75) is 39.9 Å². The van der Waals surface area contributed by atoms with Crippen LogP contribution in [0.15, 0.2) is 36.5 Å². The fourth-order valence-electron chi connectivity index (χ4n) is 3.53. The highest BCUT2D eigenvalue weighted by Gasteiger charge is 2.31. The zero-order valence-corrected chi connectivity index (χ0v) is 17.3. The molecule has 2 aromatic heterocycles. The van der Waals surface area contributed by atoms with Crippen LogP contribution in [0.25, 0.3) is 16.7 Å². The van der Waals surface area contributed by atoms with Crippen LogP contribution < -0.4 is 0 Å². The van der Waals surface area contributed by atoms with Crippen molar-refractivity contribution in [3.8, 4) is 5.69 Å². The number of halogens is 3. The number of carboxylic acid groups (broad SMARTS) is 1. The van der Waals surface area contributed by atoms with Gasteiger partial charge in [0.2, 0.25) is 5.91 Å². The Morgan fingerprint density at radius 2 is 1.87 bits per heavy atom.